The van der Waals surface area contributed by atoms with E-state index in [-0.39, 0.29) is 31.8 Å². The summed E-state index contributed by atoms with van der Waals surface area (Å²) >= 11 is 0. The minimum atomic E-state index is -4.15. The van der Waals surface area contributed by atoms with Gasteiger partial charge in [0.05, 0.1) is 20.1 Å². The summed E-state index contributed by atoms with van der Waals surface area (Å²) in [5.41, 5.74) is 0. The Morgan fingerprint density at radius 1 is 1.00 bits per heavy atom. The molecule has 0 aliphatic carbocycles. The zero-order valence-corrected chi connectivity index (χ0v) is 15.0. The molecule has 27 heavy (non-hydrogen) atoms. The monoisotopic (exact) mass is 383 g/mol. The van der Waals surface area contributed by atoms with Gasteiger partial charge in [0.25, 0.3) is 0 Å². The Morgan fingerprint density at radius 2 is 1.59 bits per heavy atom. The van der Waals surface area contributed by atoms with Crippen molar-refractivity contribution in [2.45, 2.75) is 19.0 Å². The minimum Gasteiger partial charge on any atom is -0.496 e. The Labute approximate surface area is 154 Å². The van der Waals surface area contributed by atoms with Gasteiger partial charge in [-0.25, -0.2) is 4.98 Å². The fraction of sp³-hybridized carbons (Fsp3) is 0.444. The van der Waals surface area contributed by atoms with E-state index in [1.165, 1.54) is 20.4 Å². The van der Waals surface area contributed by atoms with Crippen LogP contribution in [0, 0.1) is 5.92 Å². The van der Waals surface area contributed by atoms with Crippen LogP contribution in [0.5, 0.6) is 23.1 Å². The number of nitrogens with zero attached hydrogens (tertiary/aromatic N) is 3. The van der Waals surface area contributed by atoms with E-state index in [4.69, 9.17) is 14.2 Å². The van der Waals surface area contributed by atoms with Gasteiger partial charge in [-0.2, -0.15) is 18.2 Å². The molecule has 0 unspecified atom stereocenters. The molecular formula is C18H20F3N3O3. The fourth-order valence-corrected chi connectivity index (χ4v) is 2.91. The molecule has 2 aromatic rings. The van der Waals surface area contributed by atoms with E-state index in [1.54, 1.807) is 29.2 Å². The van der Waals surface area contributed by atoms with Crippen LogP contribution in [0.4, 0.5) is 19.1 Å². The third kappa shape index (κ3) is 4.72. The minimum absolute atomic E-state index is 0.0328. The molecule has 0 bridgehead atoms. The highest BCUT2D eigenvalue weighted by Gasteiger charge is 2.41. The van der Waals surface area contributed by atoms with Gasteiger partial charge >= 0.3 is 6.18 Å². The lowest BCUT2D eigenvalue weighted by molar-refractivity contribution is -0.179. The molecule has 1 aromatic carbocycles. The normalized spacial score (nSPS) is 15.5. The fourth-order valence-electron chi connectivity index (χ4n) is 2.91. The molecule has 146 valence electrons. The first kappa shape index (κ1) is 19.1. The Bertz CT molecular complexity index is 756. The van der Waals surface area contributed by atoms with Crippen LogP contribution in [0.3, 0.4) is 0 Å². The first-order valence-electron chi connectivity index (χ1n) is 8.44. The van der Waals surface area contributed by atoms with Gasteiger partial charge in [0.15, 0.2) is 0 Å². The average molecular weight is 383 g/mol. The molecule has 0 saturated carbocycles. The summed E-state index contributed by atoms with van der Waals surface area (Å²) in [7, 11) is 3.07. The van der Waals surface area contributed by atoms with Gasteiger partial charge in [-0.1, -0.05) is 0 Å². The second kappa shape index (κ2) is 7.89. The van der Waals surface area contributed by atoms with Crippen molar-refractivity contribution in [2.75, 3.05) is 32.2 Å². The number of hydrogen-bond donors (Lipinski definition) is 0. The Kier molecular flexibility index (Phi) is 5.57. The molecule has 9 heteroatoms. The van der Waals surface area contributed by atoms with Crippen LogP contribution in [0.15, 0.2) is 30.5 Å². The number of halogens is 3. The predicted octanol–water partition coefficient (Wildman–Crippen LogP) is 4.06. The first-order valence-corrected chi connectivity index (χ1v) is 8.44. The number of ether oxygens (including phenoxy) is 3. The molecule has 3 rings (SSSR count). The Morgan fingerprint density at radius 3 is 2.15 bits per heavy atom. The van der Waals surface area contributed by atoms with Crippen LogP contribution in [-0.4, -0.2) is 43.5 Å². The van der Waals surface area contributed by atoms with Gasteiger partial charge in [-0.05, 0) is 12.8 Å². The van der Waals surface area contributed by atoms with E-state index in [0.717, 1.165) is 0 Å². The van der Waals surface area contributed by atoms with E-state index in [2.05, 4.69) is 9.97 Å². The molecule has 1 saturated heterocycles. The van der Waals surface area contributed by atoms with Gasteiger partial charge in [0.2, 0.25) is 11.8 Å². The molecule has 1 aromatic heterocycles. The molecule has 0 radical (unpaired) electrons. The lowest BCUT2D eigenvalue weighted by atomic mass is 9.96. The molecule has 1 fully saturated rings. The van der Waals surface area contributed by atoms with Crippen LogP contribution in [-0.2, 0) is 0 Å². The molecule has 0 N–H and O–H groups in total. The van der Waals surface area contributed by atoms with E-state index in [0.29, 0.717) is 23.2 Å². The lowest BCUT2D eigenvalue weighted by Crippen LogP contribution is -2.39. The molecular weight excluding hydrogens is 363 g/mol. The summed E-state index contributed by atoms with van der Waals surface area (Å²) in [5, 5.41) is 0. The van der Waals surface area contributed by atoms with Crippen LogP contribution < -0.4 is 19.1 Å². The van der Waals surface area contributed by atoms with E-state index < -0.39 is 12.1 Å². The van der Waals surface area contributed by atoms with Gasteiger partial charge in [0.1, 0.15) is 17.2 Å². The number of methoxy groups -OCH3 is 2. The number of rotatable bonds is 5. The Balaban J connectivity index is 1.71. The number of anilines is 1. The Hall–Kier alpha value is -2.71. The van der Waals surface area contributed by atoms with E-state index in [1.807, 2.05) is 0 Å². The zero-order chi connectivity index (χ0) is 19.4. The van der Waals surface area contributed by atoms with Gasteiger partial charge < -0.3 is 19.1 Å². The standard InChI is InChI=1S/C18H20F3N3O3/c1-25-13-9-14(26-2)11-15(10-13)27-16-3-6-22-17(23-16)24-7-4-12(5-8-24)18(19,20)21/h3,6,9-12H,4-5,7-8H2,1-2H3. The van der Waals surface area contributed by atoms with Gasteiger partial charge in [0, 0.05) is 43.6 Å². The van der Waals surface area contributed by atoms with Crippen LogP contribution in [0.25, 0.3) is 0 Å². The molecule has 6 nitrogen and oxygen atoms in total. The summed E-state index contributed by atoms with van der Waals surface area (Å²) in [6, 6.07) is 6.65. The SMILES string of the molecule is COc1cc(OC)cc(Oc2ccnc(N3CCC(C(F)(F)F)CC3)n2)c1. The number of aromatic nitrogens is 2. The van der Waals surface area contributed by atoms with Gasteiger partial charge in [-0.3, -0.25) is 0 Å². The van der Waals surface area contributed by atoms with Crippen molar-refractivity contribution < 1.29 is 27.4 Å². The number of alkyl halides is 3. The highest BCUT2D eigenvalue weighted by molar-refractivity contribution is 5.43. The van der Waals surface area contributed by atoms with Crippen molar-refractivity contribution >= 4 is 5.95 Å². The van der Waals surface area contributed by atoms with Crippen LogP contribution >= 0.6 is 0 Å². The predicted molar refractivity (Wildman–Crippen MR) is 92.6 cm³/mol. The first-order chi connectivity index (χ1) is 12.9. The second-order valence-corrected chi connectivity index (χ2v) is 6.15. The molecule has 2 heterocycles. The maximum absolute atomic E-state index is 12.8. The van der Waals surface area contributed by atoms with Crippen molar-refractivity contribution in [3.63, 3.8) is 0 Å². The molecule has 0 amide bonds. The lowest BCUT2D eigenvalue weighted by Gasteiger charge is -2.32. The van der Waals surface area contributed by atoms with E-state index in [9.17, 15) is 13.2 Å². The topological polar surface area (TPSA) is 56.7 Å². The number of piperidine rings is 1. The molecule has 0 atom stereocenters. The number of hydrogen-bond acceptors (Lipinski definition) is 6. The third-order valence-corrected chi connectivity index (χ3v) is 4.41. The summed E-state index contributed by atoms with van der Waals surface area (Å²) < 4.78 is 54.6. The van der Waals surface area contributed by atoms with Crippen molar-refractivity contribution in [1.82, 2.24) is 9.97 Å². The molecule has 1 aliphatic heterocycles. The summed E-state index contributed by atoms with van der Waals surface area (Å²) in [4.78, 5) is 10.2. The third-order valence-electron chi connectivity index (χ3n) is 4.41. The molecule has 1 aliphatic rings. The smallest absolute Gasteiger partial charge is 0.391 e. The van der Waals surface area contributed by atoms with Crippen molar-refractivity contribution in [3.05, 3.63) is 30.5 Å². The van der Waals surface area contributed by atoms with Gasteiger partial charge in [-0.15, -0.1) is 0 Å². The maximum Gasteiger partial charge on any atom is 0.391 e. The highest BCUT2D eigenvalue weighted by atomic mass is 19.4. The van der Waals surface area contributed by atoms with Crippen LogP contribution in [0.2, 0.25) is 0 Å². The quantitative estimate of drug-likeness (QED) is 0.776. The second-order valence-electron chi connectivity index (χ2n) is 6.15. The zero-order valence-electron chi connectivity index (χ0n) is 15.0. The largest absolute Gasteiger partial charge is 0.496 e. The average Bonchev–Trinajstić information content (AvgIpc) is 2.67. The van der Waals surface area contributed by atoms with Crippen molar-refractivity contribution in [2.24, 2.45) is 5.92 Å². The summed E-state index contributed by atoms with van der Waals surface area (Å²) in [6.45, 7) is 0.501. The summed E-state index contributed by atoms with van der Waals surface area (Å²) in [5.74, 6) is 0.959. The molecule has 0 spiro atoms. The van der Waals surface area contributed by atoms with E-state index >= 15 is 0 Å². The van der Waals surface area contributed by atoms with Crippen molar-refractivity contribution in [3.8, 4) is 23.1 Å². The highest BCUT2D eigenvalue weighted by Crippen LogP contribution is 2.35. The van der Waals surface area contributed by atoms with Crippen LogP contribution in [0.1, 0.15) is 12.8 Å². The number of benzene rings is 1. The maximum atomic E-state index is 12.8. The summed E-state index contributed by atoms with van der Waals surface area (Å²) in [6.07, 6.45) is -2.57. The van der Waals surface area contributed by atoms with Crippen molar-refractivity contribution in [1.29, 1.82) is 0 Å².